The van der Waals surface area contributed by atoms with Crippen LogP contribution in [0.3, 0.4) is 0 Å². The van der Waals surface area contributed by atoms with Crippen LogP contribution in [0.15, 0.2) is 12.8 Å². The molecule has 0 aromatic carbocycles. The molecule has 0 radical (unpaired) electrons. The molecular weight excluding hydrogens is 174 g/mol. The molecule has 0 aliphatic heterocycles. The minimum Gasteiger partial charge on any atom is -0.435 e. The van der Waals surface area contributed by atoms with Crippen LogP contribution in [0, 0.1) is 0 Å². The van der Waals surface area contributed by atoms with E-state index in [4.69, 9.17) is 11.6 Å². The number of hydrogen-bond donors (Lipinski definition) is 0. The van der Waals surface area contributed by atoms with Gasteiger partial charge in [-0.1, -0.05) is 25.1 Å². The molecule has 0 fully saturated rings. The van der Waals surface area contributed by atoms with Crippen molar-refractivity contribution in [2.24, 2.45) is 0 Å². The van der Waals surface area contributed by atoms with Crippen molar-refractivity contribution in [1.29, 1.82) is 0 Å². The highest BCUT2D eigenvalue weighted by Gasteiger charge is 2.05. The van der Waals surface area contributed by atoms with Gasteiger partial charge in [0.2, 0.25) is 0 Å². The molecule has 3 nitrogen and oxygen atoms in total. The van der Waals surface area contributed by atoms with Crippen LogP contribution < -0.4 is 0 Å². The third-order valence-corrected chi connectivity index (χ3v) is 2.11. The van der Waals surface area contributed by atoms with Crippen LogP contribution in [-0.2, 0) is 13.6 Å². The molecule has 2 atom stereocenters. The molecule has 2 unspecified atom stereocenters. The van der Waals surface area contributed by atoms with Gasteiger partial charge in [-0.3, -0.25) is 4.52 Å². The molecule has 0 bridgehead atoms. The lowest BCUT2D eigenvalue weighted by Crippen LogP contribution is -1.95. The monoisotopic (exact) mass is 184 g/mol. The standard InChI is InChI=1S/C5H10ClO3P/c1-3-5(6)9-10(7)8-4-2/h4-5,10H,2-3H2,1H3. The van der Waals surface area contributed by atoms with Crippen LogP contribution in [0.5, 0.6) is 0 Å². The predicted molar refractivity (Wildman–Crippen MR) is 41.3 cm³/mol. The lowest BCUT2D eigenvalue weighted by molar-refractivity contribution is 0.243. The summed E-state index contributed by atoms with van der Waals surface area (Å²) < 4.78 is 19.7. The van der Waals surface area contributed by atoms with E-state index >= 15 is 0 Å². The van der Waals surface area contributed by atoms with Gasteiger partial charge in [0.15, 0.2) is 0 Å². The lowest BCUT2D eigenvalue weighted by Gasteiger charge is -2.06. The van der Waals surface area contributed by atoms with Gasteiger partial charge in [0, 0.05) is 0 Å². The van der Waals surface area contributed by atoms with Crippen molar-refractivity contribution >= 4 is 19.9 Å². The predicted octanol–water partition coefficient (Wildman–Crippen LogP) is 2.53. The van der Waals surface area contributed by atoms with Gasteiger partial charge in [0.05, 0.1) is 6.26 Å². The zero-order valence-corrected chi connectivity index (χ0v) is 7.43. The van der Waals surface area contributed by atoms with Gasteiger partial charge in [-0.05, 0) is 6.42 Å². The van der Waals surface area contributed by atoms with Gasteiger partial charge >= 0.3 is 8.25 Å². The first kappa shape index (κ1) is 10.0. The molecule has 0 rings (SSSR count). The Morgan fingerprint density at radius 1 is 1.90 bits per heavy atom. The SMILES string of the molecule is C=CO[PH](=O)OC(Cl)CC. The topological polar surface area (TPSA) is 35.5 Å². The minimum atomic E-state index is -2.45. The third-order valence-electron chi connectivity index (χ3n) is 0.725. The van der Waals surface area contributed by atoms with E-state index in [9.17, 15) is 4.57 Å². The molecule has 0 saturated carbocycles. The summed E-state index contributed by atoms with van der Waals surface area (Å²) in [5.74, 6) is 0. The normalized spacial score (nSPS) is 15.8. The van der Waals surface area contributed by atoms with E-state index in [-0.39, 0.29) is 0 Å². The maximum absolute atomic E-state index is 10.6. The van der Waals surface area contributed by atoms with Crippen LogP contribution in [-0.4, -0.2) is 5.56 Å². The van der Waals surface area contributed by atoms with Crippen molar-refractivity contribution in [1.82, 2.24) is 0 Å². The highest BCUT2D eigenvalue weighted by Crippen LogP contribution is 2.28. The van der Waals surface area contributed by atoms with Crippen LogP contribution in [0.1, 0.15) is 13.3 Å². The molecule has 0 saturated heterocycles. The summed E-state index contributed by atoms with van der Waals surface area (Å²) >= 11 is 5.48. The van der Waals surface area contributed by atoms with E-state index in [0.717, 1.165) is 6.26 Å². The maximum Gasteiger partial charge on any atom is 0.368 e. The molecule has 0 amide bonds. The Balaban J connectivity index is 3.46. The van der Waals surface area contributed by atoms with Crippen molar-refractivity contribution in [3.05, 3.63) is 12.8 Å². The number of hydrogen-bond acceptors (Lipinski definition) is 3. The van der Waals surface area contributed by atoms with Crippen molar-refractivity contribution in [3.63, 3.8) is 0 Å². The molecule has 0 aliphatic rings. The summed E-state index contributed by atoms with van der Waals surface area (Å²) in [5, 5.41) is 0. The summed E-state index contributed by atoms with van der Waals surface area (Å²) in [6, 6.07) is 0. The average molecular weight is 185 g/mol. The van der Waals surface area contributed by atoms with Gasteiger partial charge in [0.1, 0.15) is 5.56 Å². The lowest BCUT2D eigenvalue weighted by atomic mass is 10.5. The van der Waals surface area contributed by atoms with Crippen molar-refractivity contribution in [3.8, 4) is 0 Å². The molecule has 0 N–H and O–H groups in total. The molecule has 0 aromatic rings. The second-order valence-corrected chi connectivity index (χ2v) is 2.93. The fourth-order valence-electron chi connectivity index (χ4n) is 0.284. The second-order valence-electron chi connectivity index (χ2n) is 1.47. The summed E-state index contributed by atoms with van der Waals surface area (Å²) in [6.07, 6.45) is 1.67. The Morgan fingerprint density at radius 3 is 2.90 bits per heavy atom. The van der Waals surface area contributed by atoms with E-state index in [1.165, 1.54) is 0 Å². The Labute approximate surface area is 65.9 Å². The first-order valence-corrected chi connectivity index (χ1v) is 4.49. The Hall–Kier alpha value is 0.0200. The van der Waals surface area contributed by atoms with E-state index in [2.05, 4.69) is 15.6 Å². The quantitative estimate of drug-likeness (QED) is 0.374. The molecule has 0 aromatic heterocycles. The first-order valence-electron chi connectivity index (χ1n) is 2.83. The van der Waals surface area contributed by atoms with Crippen LogP contribution in [0.4, 0.5) is 0 Å². The molecule has 10 heavy (non-hydrogen) atoms. The summed E-state index contributed by atoms with van der Waals surface area (Å²) in [7, 11) is -2.45. The summed E-state index contributed by atoms with van der Waals surface area (Å²) in [4.78, 5) is 0. The number of halogens is 1. The molecule has 0 spiro atoms. The highest BCUT2D eigenvalue weighted by molar-refractivity contribution is 7.33. The molecule has 60 valence electrons. The Bertz CT molecular complexity index is 128. The van der Waals surface area contributed by atoms with E-state index in [1.807, 2.05) is 6.92 Å². The smallest absolute Gasteiger partial charge is 0.368 e. The van der Waals surface area contributed by atoms with Gasteiger partial charge in [-0.25, -0.2) is 4.57 Å². The van der Waals surface area contributed by atoms with Crippen molar-refractivity contribution < 1.29 is 13.6 Å². The largest absolute Gasteiger partial charge is 0.435 e. The molecule has 0 aliphatic carbocycles. The van der Waals surface area contributed by atoms with Crippen molar-refractivity contribution in [2.45, 2.75) is 18.9 Å². The maximum atomic E-state index is 10.6. The van der Waals surface area contributed by atoms with Gasteiger partial charge < -0.3 is 4.52 Å². The third kappa shape index (κ3) is 4.86. The number of rotatable bonds is 5. The molecular formula is C5H10ClO3P. The Kier molecular flexibility index (Phi) is 5.79. The molecule has 0 heterocycles. The average Bonchev–Trinajstić information content (AvgIpc) is 1.88. The van der Waals surface area contributed by atoms with Crippen LogP contribution >= 0.6 is 19.9 Å². The molecule has 5 heteroatoms. The van der Waals surface area contributed by atoms with Crippen molar-refractivity contribution in [2.75, 3.05) is 0 Å². The highest BCUT2D eigenvalue weighted by atomic mass is 35.5. The first-order chi connectivity index (χ1) is 4.70. The van der Waals surface area contributed by atoms with E-state index < -0.39 is 13.8 Å². The zero-order valence-electron chi connectivity index (χ0n) is 5.67. The van der Waals surface area contributed by atoms with Gasteiger partial charge in [-0.2, -0.15) is 0 Å². The summed E-state index contributed by atoms with van der Waals surface area (Å²) in [6.45, 7) is 5.03. The summed E-state index contributed by atoms with van der Waals surface area (Å²) in [5.41, 5.74) is -0.536. The van der Waals surface area contributed by atoms with Crippen LogP contribution in [0.25, 0.3) is 0 Å². The Morgan fingerprint density at radius 2 is 2.50 bits per heavy atom. The fourth-order valence-corrected chi connectivity index (χ4v) is 1.07. The fraction of sp³-hybridized carbons (Fsp3) is 0.600. The minimum absolute atomic E-state index is 0.536. The van der Waals surface area contributed by atoms with Gasteiger partial charge in [-0.15, -0.1) is 0 Å². The zero-order chi connectivity index (χ0) is 7.98. The number of alkyl halides is 1. The van der Waals surface area contributed by atoms with Gasteiger partial charge in [0.25, 0.3) is 0 Å². The van der Waals surface area contributed by atoms with E-state index in [0.29, 0.717) is 6.42 Å². The van der Waals surface area contributed by atoms with Crippen LogP contribution in [0.2, 0.25) is 0 Å². The second kappa shape index (κ2) is 5.78. The van der Waals surface area contributed by atoms with E-state index in [1.54, 1.807) is 0 Å².